The van der Waals surface area contributed by atoms with Crippen LogP contribution in [-0.2, 0) is 6.42 Å². The number of urea groups is 1. The maximum atomic E-state index is 12.1. The second-order valence-electron chi connectivity index (χ2n) is 5.16. The molecule has 1 rings (SSSR count). The molecule has 22 heavy (non-hydrogen) atoms. The summed E-state index contributed by atoms with van der Waals surface area (Å²) in [5.41, 5.74) is 1.11. The third-order valence-electron chi connectivity index (χ3n) is 3.41. The van der Waals surface area contributed by atoms with Gasteiger partial charge in [-0.2, -0.15) is 0 Å². The Balaban J connectivity index is 2.50. The standard InChI is InChI=1S/C17H28N2O3/c1-5-11-19(12-6-2)17(20)18-10-9-14-7-8-15(21-3)16(13-14)22-4/h7-8,13H,5-6,9-12H2,1-4H3,(H,18,20). The van der Waals surface area contributed by atoms with Crippen LogP contribution >= 0.6 is 0 Å². The molecule has 0 aliphatic heterocycles. The van der Waals surface area contributed by atoms with Gasteiger partial charge in [0.25, 0.3) is 0 Å². The minimum Gasteiger partial charge on any atom is -0.493 e. The number of nitrogens with zero attached hydrogens (tertiary/aromatic N) is 1. The molecule has 1 aromatic carbocycles. The molecule has 0 heterocycles. The van der Waals surface area contributed by atoms with Gasteiger partial charge in [-0.3, -0.25) is 0 Å². The van der Waals surface area contributed by atoms with Crippen molar-refractivity contribution in [2.45, 2.75) is 33.1 Å². The fourth-order valence-electron chi connectivity index (χ4n) is 2.32. The van der Waals surface area contributed by atoms with Crippen LogP contribution in [0, 0.1) is 0 Å². The molecular weight excluding hydrogens is 280 g/mol. The van der Waals surface area contributed by atoms with Gasteiger partial charge < -0.3 is 19.7 Å². The Hall–Kier alpha value is -1.91. The van der Waals surface area contributed by atoms with Gasteiger partial charge in [-0.1, -0.05) is 19.9 Å². The lowest BCUT2D eigenvalue weighted by Gasteiger charge is -2.21. The summed E-state index contributed by atoms with van der Waals surface area (Å²) < 4.78 is 10.5. The Labute approximate surface area is 133 Å². The highest BCUT2D eigenvalue weighted by atomic mass is 16.5. The van der Waals surface area contributed by atoms with E-state index in [4.69, 9.17) is 9.47 Å². The van der Waals surface area contributed by atoms with Crippen molar-refractivity contribution in [1.29, 1.82) is 0 Å². The molecule has 0 aromatic heterocycles. The second kappa shape index (κ2) is 9.92. The first kappa shape index (κ1) is 18.1. The molecule has 0 saturated heterocycles. The lowest BCUT2D eigenvalue weighted by molar-refractivity contribution is 0.198. The van der Waals surface area contributed by atoms with E-state index in [1.165, 1.54) is 0 Å². The van der Waals surface area contributed by atoms with Gasteiger partial charge in [-0.05, 0) is 37.0 Å². The SMILES string of the molecule is CCCN(CCC)C(=O)NCCc1ccc(OC)c(OC)c1. The largest absolute Gasteiger partial charge is 0.493 e. The molecule has 0 atom stereocenters. The second-order valence-corrected chi connectivity index (χ2v) is 5.16. The van der Waals surface area contributed by atoms with Crippen LogP contribution in [0.2, 0.25) is 0 Å². The van der Waals surface area contributed by atoms with Crippen LogP contribution in [-0.4, -0.2) is 44.8 Å². The zero-order valence-electron chi connectivity index (χ0n) is 14.1. The van der Waals surface area contributed by atoms with Crippen LogP contribution in [0.15, 0.2) is 18.2 Å². The highest BCUT2D eigenvalue weighted by Crippen LogP contribution is 2.27. The molecule has 0 aliphatic rings. The number of benzene rings is 1. The first-order chi connectivity index (χ1) is 10.7. The van der Waals surface area contributed by atoms with Crippen molar-refractivity contribution in [3.05, 3.63) is 23.8 Å². The molecule has 0 spiro atoms. The quantitative estimate of drug-likeness (QED) is 0.763. The number of carbonyl (C=O) groups is 1. The summed E-state index contributed by atoms with van der Waals surface area (Å²) in [6.45, 7) is 6.38. The van der Waals surface area contributed by atoms with E-state index < -0.39 is 0 Å². The van der Waals surface area contributed by atoms with Crippen LogP contribution in [0.1, 0.15) is 32.3 Å². The van der Waals surface area contributed by atoms with Crippen molar-refractivity contribution in [2.24, 2.45) is 0 Å². The Morgan fingerprint density at radius 1 is 1.09 bits per heavy atom. The molecule has 124 valence electrons. The van der Waals surface area contributed by atoms with Gasteiger partial charge in [0.1, 0.15) is 0 Å². The van der Waals surface area contributed by atoms with E-state index in [2.05, 4.69) is 19.2 Å². The maximum absolute atomic E-state index is 12.1. The van der Waals surface area contributed by atoms with E-state index in [0.29, 0.717) is 18.0 Å². The number of hydrogen-bond acceptors (Lipinski definition) is 3. The molecule has 2 amide bonds. The number of methoxy groups -OCH3 is 2. The number of amides is 2. The number of hydrogen-bond donors (Lipinski definition) is 1. The molecule has 0 aliphatic carbocycles. The summed E-state index contributed by atoms with van der Waals surface area (Å²) in [4.78, 5) is 14.0. The van der Waals surface area contributed by atoms with Gasteiger partial charge in [0.2, 0.25) is 0 Å². The van der Waals surface area contributed by atoms with E-state index in [1.807, 2.05) is 23.1 Å². The lowest BCUT2D eigenvalue weighted by atomic mass is 10.1. The summed E-state index contributed by atoms with van der Waals surface area (Å²) in [6, 6.07) is 5.84. The summed E-state index contributed by atoms with van der Waals surface area (Å²) in [7, 11) is 3.24. The molecule has 1 N–H and O–H groups in total. The minimum absolute atomic E-state index is 0.0178. The van der Waals surface area contributed by atoms with Crippen LogP contribution in [0.25, 0.3) is 0 Å². The Bertz CT molecular complexity index is 457. The van der Waals surface area contributed by atoms with Gasteiger partial charge in [0.05, 0.1) is 14.2 Å². The maximum Gasteiger partial charge on any atom is 0.317 e. The van der Waals surface area contributed by atoms with E-state index in [1.54, 1.807) is 14.2 Å². The average molecular weight is 308 g/mol. The summed E-state index contributed by atoms with van der Waals surface area (Å²) in [5, 5.41) is 2.98. The zero-order valence-corrected chi connectivity index (χ0v) is 14.1. The highest BCUT2D eigenvalue weighted by Gasteiger charge is 2.11. The van der Waals surface area contributed by atoms with Crippen molar-refractivity contribution < 1.29 is 14.3 Å². The Morgan fingerprint density at radius 2 is 1.73 bits per heavy atom. The smallest absolute Gasteiger partial charge is 0.317 e. The van der Waals surface area contributed by atoms with Crippen molar-refractivity contribution in [3.63, 3.8) is 0 Å². The van der Waals surface area contributed by atoms with Gasteiger partial charge in [-0.15, -0.1) is 0 Å². The first-order valence-corrected chi connectivity index (χ1v) is 7.89. The fourth-order valence-corrected chi connectivity index (χ4v) is 2.32. The zero-order chi connectivity index (χ0) is 16.4. The normalized spacial score (nSPS) is 10.2. The number of ether oxygens (including phenoxy) is 2. The van der Waals surface area contributed by atoms with E-state index in [-0.39, 0.29) is 6.03 Å². The van der Waals surface area contributed by atoms with Crippen LogP contribution in [0.4, 0.5) is 4.79 Å². The average Bonchev–Trinajstić information content (AvgIpc) is 2.54. The molecule has 0 bridgehead atoms. The number of carbonyl (C=O) groups excluding carboxylic acids is 1. The van der Waals surface area contributed by atoms with Crippen LogP contribution in [0.3, 0.4) is 0 Å². The van der Waals surface area contributed by atoms with Crippen LogP contribution < -0.4 is 14.8 Å². The molecule has 0 saturated carbocycles. The number of nitrogens with one attached hydrogen (secondary N) is 1. The van der Waals surface area contributed by atoms with Crippen LogP contribution in [0.5, 0.6) is 11.5 Å². The van der Waals surface area contributed by atoms with Crippen molar-refractivity contribution in [3.8, 4) is 11.5 Å². The Kier molecular flexibility index (Phi) is 8.18. The third kappa shape index (κ3) is 5.47. The predicted molar refractivity (Wildman–Crippen MR) is 88.8 cm³/mol. The number of rotatable bonds is 9. The molecule has 1 aromatic rings. The van der Waals surface area contributed by atoms with Gasteiger partial charge >= 0.3 is 6.03 Å². The van der Waals surface area contributed by atoms with Crippen molar-refractivity contribution >= 4 is 6.03 Å². The topological polar surface area (TPSA) is 50.8 Å². The lowest BCUT2D eigenvalue weighted by Crippen LogP contribution is -2.41. The summed E-state index contributed by atoms with van der Waals surface area (Å²) in [6.07, 6.45) is 2.71. The molecule has 0 unspecified atom stereocenters. The molecule has 0 fully saturated rings. The van der Waals surface area contributed by atoms with E-state index in [0.717, 1.165) is 37.9 Å². The fraction of sp³-hybridized carbons (Fsp3) is 0.588. The van der Waals surface area contributed by atoms with Crippen molar-refractivity contribution in [1.82, 2.24) is 10.2 Å². The van der Waals surface area contributed by atoms with Gasteiger partial charge in [0, 0.05) is 19.6 Å². The first-order valence-electron chi connectivity index (χ1n) is 7.89. The summed E-state index contributed by atoms with van der Waals surface area (Å²) in [5.74, 6) is 1.43. The highest BCUT2D eigenvalue weighted by molar-refractivity contribution is 5.74. The molecule has 0 radical (unpaired) electrons. The molecular formula is C17H28N2O3. The minimum atomic E-state index is 0.0178. The van der Waals surface area contributed by atoms with E-state index >= 15 is 0 Å². The predicted octanol–water partition coefficient (Wildman–Crippen LogP) is 3.08. The Morgan fingerprint density at radius 3 is 2.27 bits per heavy atom. The molecule has 5 nitrogen and oxygen atoms in total. The third-order valence-corrected chi connectivity index (χ3v) is 3.41. The van der Waals surface area contributed by atoms with Gasteiger partial charge in [-0.25, -0.2) is 4.79 Å². The monoisotopic (exact) mass is 308 g/mol. The van der Waals surface area contributed by atoms with Gasteiger partial charge in [0.15, 0.2) is 11.5 Å². The molecule has 5 heteroatoms. The van der Waals surface area contributed by atoms with E-state index in [9.17, 15) is 4.79 Å². The summed E-state index contributed by atoms with van der Waals surface area (Å²) >= 11 is 0. The van der Waals surface area contributed by atoms with Crippen molar-refractivity contribution in [2.75, 3.05) is 33.9 Å².